The fourth-order valence-electron chi connectivity index (χ4n) is 2.31. The smallest absolute Gasteiger partial charge is 0.220 e. The van der Waals surface area contributed by atoms with Crippen molar-refractivity contribution < 1.29 is 4.74 Å². The predicted molar refractivity (Wildman–Crippen MR) is 89.5 cm³/mol. The van der Waals surface area contributed by atoms with Crippen LogP contribution in [-0.2, 0) is 4.74 Å². The lowest BCUT2D eigenvalue weighted by Gasteiger charge is -2.15. The van der Waals surface area contributed by atoms with Gasteiger partial charge in [-0.25, -0.2) is 9.97 Å². The first-order valence-electron chi connectivity index (χ1n) is 6.95. The van der Waals surface area contributed by atoms with Crippen molar-refractivity contribution in [3.05, 3.63) is 71.8 Å². The quantitative estimate of drug-likeness (QED) is 0.849. The standard InChI is InChI=1S/C17H15N5O/c1-23-16(12-3-2-7-20-10-12)13-9-11(4-5-14(13)18)15-6-8-21-17(19)22-15/h2-10,18H,1H3,(H2,19,21,22)/b16-13-,18-14?. The van der Waals surface area contributed by atoms with E-state index in [2.05, 4.69) is 15.0 Å². The SMILES string of the molecule is CO/C(=C1/C=C(c2ccnc(N)n2)C=CC1=N)c1cccnc1. The van der Waals surface area contributed by atoms with Gasteiger partial charge in [0, 0.05) is 35.3 Å². The van der Waals surface area contributed by atoms with Gasteiger partial charge in [0.05, 0.1) is 18.5 Å². The number of methoxy groups -OCH3 is 1. The Hall–Kier alpha value is -3.28. The Bertz CT molecular complexity index is 837. The average molecular weight is 305 g/mol. The van der Waals surface area contributed by atoms with E-state index >= 15 is 0 Å². The maximum Gasteiger partial charge on any atom is 0.220 e. The third-order valence-corrected chi connectivity index (χ3v) is 3.36. The first-order valence-corrected chi connectivity index (χ1v) is 6.95. The topological polar surface area (TPSA) is 97.8 Å². The van der Waals surface area contributed by atoms with Gasteiger partial charge in [-0.15, -0.1) is 0 Å². The van der Waals surface area contributed by atoms with Gasteiger partial charge in [-0.1, -0.05) is 6.08 Å². The Balaban J connectivity index is 2.12. The molecule has 6 nitrogen and oxygen atoms in total. The summed E-state index contributed by atoms with van der Waals surface area (Å²) in [7, 11) is 1.58. The van der Waals surface area contributed by atoms with Crippen molar-refractivity contribution >= 4 is 23.0 Å². The van der Waals surface area contributed by atoms with Crippen molar-refractivity contribution in [2.75, 3.05) is 12.8 Å². The monoisotopic (exact) mass is 305 g/mol. The van der Waals surface area contributed by atoms with Crippen molar-refractivity contribution in [3.8, 4) is 0 Å². The number of nitrogen functional groups attached to an aromatic ring is 1. The number of rotatable bonds is 3. The Morgan fingerprint density at radius 1 is 1.22 bits per heavy atom. The van der Waals surface area contributed by atoms with Crippen molar-refractivity contribution in [2.24, 2.45) is 0 Å². The Labute approximate surface area is 133 Å². The zero-order chi connectivity index (χ0) is 16.2. The number of nitrogens with one attached hydrogen (secondary N) is 1. The lowest BCUT2D eigenvalue weighted by molar-refractivity contribution is 0.368. The van der Waals surface area contributed by atoms with Crippen LogP contribution < -0.4 is 5.73 Å². The van der Waals surface area contributed by atoms with Gasteiger partial charge < -0.3 is 15.9 Å². The molecular formula is C17H15N5O. The molecule has 2 aromatic rings. The summed E-state index contributed by atoms with van der Waals surface area (Å²) < 4.78 is 5.52. The maximum atomic E-state index is 8.18. The van der Waals surface area contributed by atoms with Crippen LogP contribution in [0.25, 0.3) is 11.3 Å². The molecule has 1 aliphatic carbocycles. The number of nitrogens with two attached hydrogens (primary N) is 1. The summed E-state index contributed by atoms with van der Waals surface area (Å²) >= 11 is 0. The van der Waals surface area contributed by atoms with Crippen LogP contribution >= 0.6 is 0 Å². The van der Waals surface area contributed by atoms with Gasteiger partial charge in [0.25, 0.3) is 0 Å². The van der Waals surface area contributed by atoms with Gasteiger partial charge >= 0.3 is 0 Å². The second-order valence-electron chi connectivity index (χ2n) is 4.84. The van der Waals surface area contributed by atoms with E-state index < -0.39 is 0 Å². The van der Waals surface area contributed by atoms with Crippen molar-refractivity contribution in [2.45, 2.75) is 0 Å². The van der Waals surface area contributed by atoms with Crippen LogP contribution in [0, 0.1) is 5.41 Å². The number of allylic oxidation sites excluding steroid dienone is 5. The van der Waals surface area contributed by atoms with E-state index in [0.29, 0.717) is 22.7 Å². The molecule has 0 saturated carbocycles. The minimum absolute atomic E-state index is 0.210. The maximum absolute atomic E-state index is 8.18. The molecular weight excluding hydrogens is 290 g/mol. The van der Waals surface area contributed by atoms with Crippen LogP contribution in [0.1, 0.15) is 11.3 Å². The summed E-state index contributed by atoms with van der Waals surface area (Å²) in [6.07, 6.45) is 10.4. The van der Waals surface area contributed by atoms with Gasteiger partial charge in [-0.3, -0.25) is 4.98 Å². The molecule has 0 spiro atoms. The third kappa shape index (κ3) is 3.01. The summed E-state index contributed by atoms with van der Waals surface area (Å²) in [4.78, 5) is 12.2. The molecule has 0 aliphatic heterocycles. The van der Waals surface area contributed by atoms with Gasteiger partial charge in [0.15, 0.2) is 0 Å². The van der Waals surface area contributed by atoms with E-state index in [4.69, 9.17) is 15.9 Å². The van der Waals surface area contributed by atoms with E-state index in [1.165, 1.54) is 0 Å². The highest BCUT2D eigenvalue weighted by Crippen LogP contribution is 2.28. The molecule has 0 saturated heterocycles. The summed E-state index contributed by atoms with van der Waals surface area (Å²) in [6, 6.07) is 5.49. The summed E-state index contributed by atoms with van der Waals surface area (Å²) in [5.41, 5.74) is 9.00. The molecule has 0 amide bonds. The van der Waals surface area contributed by atoms with E-state index in [-0.39, 0.29) is 5.95 Å². The van der Waals surface area contributed by atoms with E-state index in [9.17, 15) is 0 Å². The lowest BCUT2D eigenvalue weighted by Crippen LogP contribution is -2.07. The summed E-state index contributed by atoms with van der Waals surface area (Å²) in [5.74, 6) is 0.800. The average Bonchev–Trinajstić information content (AvgIpc) is 2.58. The summed E-state index contributed by atoms with van der Waals surface area (Å²) in [6.45, 7) is 0. The minimum Gasteiger partial charge on any atom is -0.495 e. The molecule has 0 bridgehead atoms. The number of hydrogen-bond acceptors (Lipinski definition) is 6. The van der Waals surface area contributed by atoms with Crippen molar-refractivity contribution in [1.29, 1.82) is 5.41 Å². The summed E-state index contributed by atoms with van der Waals surface area (Å²) in [5, 5.41) is 8.18. The number of pyridine rings is 1. The molecule has 6 heteroatoms. The van der Waals surface area contributed by atoms with Gasteiger partial charge in [-0.05, 0) is 30.4 Å². The van der Waals surface area contributed by atoms with Gasteiger partial charge in [0.1, 0.15) is 5.76 Å². The Morgan fingerprint density at radius 2 is 2.09 bits per heavy atom. The molecule has 3 rings (SSSR count). The predicted octanol–water partition coefficient (Wildman–Crippen LogP) is 2.48. The molecule has 114 valence electrons. The first kappa shape index (κ1) is 14.6. The second-order valence-corrected chi connectivity index (χ2v) is 4.84. The first-order chi connectivity index (χ1) is 11.2. The minimum atomic E-state index is 0.210. The number of hydrogen-bond donors (Lipinski definition) is 2. The number of ether oxygens (including phenoxy) is 1. The van der Waals surface area contributed by atoms with Crippen LogP contribution in [0.2, 0.25) is 0 Å². The highest BCUT2D eigenvalue weighted by molar-refractivity contribution is 6.16. The van der Waals surface area contributed by atoms with Crippen LogP contribution in [0.4, 0.5) is 5.95 Å². The number of aromatic nitrogens is 3. The fraction of sp³-hybridized carbons (Fsp3) is 0.0588. The van der Waals surface area contributed by atoms with Crippen molar-refractivity contribution in [1.82, 2.24) is 15.0 Å². The molecule has 0 unspecified atom stereocenters. The normalized spacial score (nSPS) is 16.0. The molecule has 0 fully saturated rings. The zero-order valence-corrected chi connectivity index (χ0v) is 12.5. The van der Waals surface area contributed by atoms with Crippen LogP contribution in [-0.4, -0.2) is 27.8 Å². The molecule has 0 radical (unpaired) electrons. The molecule has 3 N–H and O–H groups in total. The third-order valence-electron chi connectivity index (χ3n) is 3.36. The fourth-order valence-corrected chi connectivity index (χ4v) is 2.31. The zero-order valence-electron chi connectivity index (χ0n) is 12.5. The van der Waals surface area contributed by atoms with E-state index in [0.717, 1.165) is 11.1 Å². The van der Waals surface area contributed by atoms with Crippen LogP contribution in [0.5, 0.6) is 0 Å². The van der Waals surface area contributed by atoms with Gasteiger partial charge in [0.2, 0.25) is 5.95 Å². The molecule has 2 heterocycles. The van der Waals surface area contributed by atoms with E-state index in [1.54, 1.807) is 37.8 Å². The molecule has 0 atom stereocenters. The molecule has 23 heavy (non-hydrogen) atoms. The van der Waals surface area contributed by atoms with E-state index in [1.807, 2.05) is 24.3 Å². The molecule has 0 aromatic carbocycles. The molecule has 1 aliphatic rings. The highest BCUT2D eigenvalue weighted by atomic mass is 16.5. The Kier molecular flexibility index (Phi) is 3.97. The second kappa shape index (κ2) is 6.23. The largest absolute Gasteiger partial charge is 0.495 e. The number of anilines is 1. The number of nitrogens with zero attached hydrogens (tertiary/aromatic N) is 3. The Morgan fingerprint density at radius 3 is 2.78 bits per heavy atom. The molecule has 2 aromatic heterocycles. The van der Waals surface area contributed by atoms with Gasteiger partial charge in [-0.2, -0.15) is 0 Å². The van der Waals surface area contributed by atoms with Crippen LogP contribution in [0.15, 0.2) is 60.6 Å². The van der Waals surface area contributed by atoms with Crippen LogP contribution in [0.3, 0.4) is 0 Å². The highest BCUT2D eigenvalue weighted by Gasteiger charge is 2.16. The van der Waals surface area contributed by atoms with Crippen molar-refractivity contribution in [3.63, 3.8) is 0 Å². The lowest BCUT2D eigenvalue weighted by atomic mass is 9.95.